The molecule has 0 amide bonds. The Morgan fingerprint density at radius 1 is 0.800 bits per heavy atom. The number of hydrogen-bond acceptors (Lipinski definition) is 5. The van der Waals surface area contributed by atoms with Crippen LogP contribution in [0.2, 0.25) is 0 Å². The van der Waals surface area contributed by atoms with Gasteiger partial charge in [0.2, 0.25) is 0 Å². The maximum Gasteiger partial charge on any atom is 0.490 e. The largest absolute Gasteiger partial charge is 0.490 e. The third-order valence-corrected chi connectivity index (χ3v) is 3.77. The van der Waals surface area contributed by atoms with Crippen LogP contribution in [-0.4, -0.2) is 30.8 Å². The summed E-state index contributed by atoms with van der Waals surface area (Å²) < 4.78 is 36.4. The number of alkyl halides is 1. The molecule has 0 rings (SSSR count). The van der Waals surface area contributed by atoms with E-state index < -0.39 is 23.5 Å². The summed E-state index contributed by atoms with van der Waals surface area (Å²) in [6.07, 6.45) is 1.47. The SMILES string of the molecule is CCl.O=P(O)(O)OP(=O)(O)OP(=O)(O)O. The van der Waals surface area contributed by atoms with E-state index in [-0.39, 0.29) is 0 Å². The third-order valence-electron chi connectivity index (χ3n) is 0.419. The zero-order valence-electron chi connectivity index (χ0n) is 7.00. The first-order valence-electron chi connectivity index (χ1n) is 2.66. The second-order valence-corrected chi connectivity index (χ2v) is 5.82. The van der Waals surface area contributed by atoms with Crippen LogP contribution in [0.15, 0.2) is 0 Å². The lowest BCUT2D eigenvalue weighted by atomic mass is 12.0. The fraction of sp³-hybridized carbons (Fsp3) is 1.00. The van der Waals surface area contributed by atoms with Gasteiger partial charge in [0.25, 0.3) is 0 Å². The van der Waals surface area contributed by atoms with E-state index in [9.17, 15) is 13.7 Å². The highest BCUT2D eigenvalue weighted by Crippen LogP contribution is 2.64. The van der Waals surface area contributed by atoms with Gasteiger partial charge < -0.3 is 24.5 Å². The van der Waals surface area contributed by atoms with Gasteiger partial charge in [-0.3, -0.25) is 0 Å². The lowest BCUT2D eigenvalue weighted by molar-refractivity contribution is 0.204. The number of halogens is 1. The molecule has 0 fully saturated rings. The van der Waals surface area contributed by atoms with E-state index in [4.69, 9.17) is 24.5 Å². The molecule has 0 atom stereocenters. The molecule has 0 saturated heterocycles. The van der Waals surface area contributed by atoms with Crippen LogP contribution in [0.25, 0.3) is 0 Å². The molecule has 0 heterocycles. The second kappa shape index (κ2) is 6.44. The highest BCUT2D eigenvalue weighted by atomic mass is 35.5. The van der Waals surface area contributed by atoms with Crippen molar-refractivity contribution in [2.45, 2.75) is 0 Å². The molecule has 0 aromatic heterocycles. The van der Waals surface area contributed by atoms with Gasteiger partial charge in [-0.05, 0) is 0 Å². The Morgan fingerprint density at radius 3 is 1.13 bits per heavy atom. The van der Waals surface area contributed by atoms with Crippen LogP contribution in [0.3, 0.4) is 0 Å². The monoisotopic (exact) mass is 308 g/mol. The van der Waals surface area contributed by atoms with Gasteiger partial charge in [-0.1, -0.05) is 0 Å². The first-order valence-corrected chi connectivity index (χ1v) is 7.97. The van der Waals surface area contributed by atoms with Crippen LogP contribution in [0.1, 0.15) is 0 Å². The lowest BCUT2D eigenvalue weighted by Gasteiger charge is -2.11. The minimum atomic E-state index is -5.46. The Balaban J connectivity index is 0. The van der Waals surface area contributed by atoms with Crippen LogP contribution in [0.4, 0.5) is 0 Å². The fourth-order valence-corrected chi connectivity index (χ4v) is 2.82. The zero-order chi connectivity index (χ0) is 12.9. The Morgan fingerprint density at radius 2 is 1.00 bits per heavy atom. The number of hydrogen-bond donors (Lipinski definition) is 5. The van der Waals surface area contributed by atoms with Gasteiger partial charge in [0.15, 0.2) is 0 Å². The molecule has 5 N–H and O–H groups in total. The van der Waals surface area contributed by atoms with Gasteiger partial charge in [0, 0.05) is 6.38 Å². The summed E-state index contributed by atoms with van der Waals surface area (Å²) in [7, 11) is -16.2. The summed E-state index contributed by atoms with van der Waals surface area (Å²) in [6, 6.07) is 0. The average Bonchev–Trinajstić information content (AvgIpc) is 1.79. The molecule has 0 aliphatic carbocycles. The molecule has 0 aliphatic rings. The Bertz CT molecular complexity index is 283. The normalized spacial score (nSPS) is 13.0. The van der Waals surface area contributed by atoms with E-state index in [0.717, 1.165) is 0 Å². The minimum Gasteiger partial charge on any atom is -0.302 e. The van der Waals surface area contributed by atoms with Crippen LogP contribution in [0.5, 0.6) is 0 Å². The van der Waals surface area contributed by atoms with E-state index >= 15 is 0 Å². The van der Waals surface area contributed by atoms with E-state index in [1.807, 2.05) is 0 Å². The van der Waals surface area contributed by atoms with E-state index in [1.165, 1.54) is 6.38 Å². The van der Waals surface area contributed by atoms with Crippen LogP contribution >= 0.6 is 35.1 Å². The summed E-state index contributed by atoms with van der Waals surface area (Å²) >= 11 is 4.64. The number of rotatable bonds is 4. The van der Waals surface area contributed by atoms with Gasteiger partial charge in [-0.15, -0.1) is 11.6 Å². The minimum absolute atomic E-state index is 1.47. The molecule has 10 nitrogen and oxygen atoms in total. The first-order chi connectivity index (χ1) is 6.41. The lowest BCUT2D eigenvalue weighted by Crippen LogP contribution is -1.91. The molecule has 14 heteroatoms. The van der Waals surface area contributed by atoms with Crippen LogP contribution < -0.4 is 0 Å². The standard InChI is InChI=1S/CH3Cl.H5O10P3/c1-2;1-11(2,3)9-13(7,8)10-12(4,5)6/h1H3;(H,7,8)(H2,1,2,3)(H2,4,5,6). The van der Waals surface area contributed by atoms with Gasteiger partial charge >= 0.3 is 23.5 Å². The second-order valence-electron chi connectivity index (χ2n) is 1.61. The maximum absolute atomic E-state index is 10.4. The summed E-state index contributed by atoms with van der Waals surface area (Å²) in [4.78, 5) is 40.2. The topological polar surface area (TPSA) is 171 Å². The van der Waals surface area contributed by atoms with Crippen molar-refractivity contribution in [1.29, 1.82) is 0 Å². The highest BCUT2D eigenvalue weighted by Gasteiger charge is 2.38. The quantitative estimate of drug-likeness (QED) is 0.356. The molecular formula is CH8ClO10P3. The zero-order valence-corrected chi connectivity index (χ0v) is 10.4. The molecule has 0 aromatic rings. The van der Waals surface area contributed by atoms with Gasteiger partial charge in [-0.2, -0.15) is 8.62 Å². The van der Waals surface area contributed by atoms with Crippen LogP contribution in [0, 0.1) is 0 Å². The van der Waals surface area contributed by atoms with Gasteiger partial charge in [0.1, 0.15) is 0 Å². The molecule has 0 aromatic carbocycles. The van der Waals surface area contributed by atoms with E-state index in [1.54, 1.807) is 0 Å². The molecule has 15 heavy (non-hydrogen) atoms. The Labute approximate surface area is 88.9 Å². The molecule has 0 radical (unpaired) electrons. The van der Waals surface area contributed by atoms with Crippen molar-refractivity contribution < 1.29 is 46.8 Å². The van der Waals surface area contributed by atoms with Crippen LogP contribution in [-0.2, 0) is 22.3 Å². The Hall–Kier alpha value is 0.700. The highest BCUT2D eigenvalue weighted by molar-refractivity contribution is 7.66. The van der Waals surface area contributed by atoms with Crippen molar-refractivity contribution in [3.8, 4) is 0 Å². The molecule has 0 aliphatic heterocycles. The van der Waals surface area contributed by atoms with E-state index in [0.29, 0.717) is 0 Å². The van der Waals surface area contributed by atoms with Crippen molar-refractivity contribution in [3.63, 3.8) is 0 Å². The summed E-state index contributed by atoms with van der Waals surface area (Å²) in [5.41, 5.74) is 0. The fourth-order valence-electron chi connectivity index (χ4n) is 0.284. The molecular weight excluding hydrogens is 300 g/mol. The summed E-state index contributed by atoms with van der Waals surface area (Å²) in [5.74, 6) is 0. The summed E-state index contributed by atoms with van der Waals surface area (Å²) in [6.45, 7) is 0. The Kier molecular flexibility index (Phi) is 7.76. The van der Waals surface area contributed by atoms with E-state index in [2.05, 4.69) is 20.2 Å². The predicted octanol–water partition coefficient (Wildman–Crippen LogP) is 0.160. The third kappa shape index (κ3) is 14.7. The van der Waals surface area contributed by atoms with Gasteiger partial charge in [-0.25, -0.2) is 13.7 Å². The van der Waals surface area contributed by atoms with Crippen molar-refractivity contribution in [3.05, 3.63) is 0 Å². The summed E-state index contributed by atoms with van der Waals surface area (Å²) in [5, 5.41) is 0. The molecule has 0 unspecified atom stereocenters. The molecule has 0 spiro atoms. The smallest absolute Gasteiger partial charge is 0.302 e. The van der Waals surface area contributed by atoms with Crippen molar-refractivity contribution >= 4 is 35.1 Å². The van der Waals surface area contributed by atoms with Crippen molar-refractivity contribution in [1.82, 2.24) is 0 Å². The van der Waals surface area contributed by atoms with Gasteiger partial charge in [0.05, 0.1) is 0 Å². The van der Waals surface area contributed by atoms with Crippen molar-refractivity contribution in [2.75, 3.05) is 6.38 Å². The number of phosphoric acid groups is 3. The molecule has 94 valence electrons. The van der Waals surface area contributed by atoms with Crippen molar-refractivity contribution in [2.24, 2.45) is 0 Å². The first kappa shape index (κ1) is 18.1. The predicted molar refractivity (Wildman–Crippen MR) is 47.9 cm³/mol. The average molecular weight is 308 g/mol. The molecule has 0 bridgehead atoms. The molecule has 0 saturated carbocycles. The maximum atomic E-state index is 10.4.